The third-order valence-corrected chi connectivity index (χ3v) is 12.1. The summed E-state index contributed by atoms with van der Waals surface area (Å²) in [5.74, 6) is 0. The number of carbonyl (C=O) groups excluding carboxylic acids is 1. The van der Waals surface area contributed by atoms with Crippen molar-refractivity contribution in [2.75, 3.05) is 20.3 Å². The Morgan fingerprint density at radius 1 is 1.26 bits per heavy atom. The number of aromatic amines is 1. The first kappa shape index (κ1) is 20.0. The SMILES string of the molecule is CC[Si](CC)(CC)c1[nH]c2ccc(C[C@H]3COC(=O)N3C)cc2c1CCO. The molecule has 1 fully saturated rings. The molecule has 0 spiro atoms. The Balaban J connectivity index is 2.02. The molecule has 1 aromatic carbocycles. The van der Waals surface area contributed by atoms with Gasteiger partial charge >= 0.3 is 6.09 Å². The molecule has 1 aromatic heterocycles. The monoisotopic (exact) mass is 388 g/mol. The van der Waals surface area contributed by atoms with Gasteiger partial charge in [-0.1, -0.05) is 45.0 Å². The molecule has 2 aromatic rings. The molecule has 0 aliphatic carbocycles. The standard InChI is InChI=1S/C21H32N2O3Si/c1-5-27(6-2,7-3)20-17(10-11-24)18-13-15(8-9-19(18)22-20)12-16-14-26-21(25)23(16)4/h8-9,13,16,22,24H,5-7,10-12,14H2,1-4H3/t16-/m0/s1. The fourth-order valence-corrected chi connectivity index (χ4v) is 8.38. The lowest BCUT2D eigenvalue weighted by Crippen LogP contribution is -2.48. The Morgan fingerprint density at radius 2 is 1.96 bits per heavy atom. The van der Waals surface area contributed by atoms with Crippen LogP contribution in [0.4, 0.5) is 4.79 Å². The minimum absolute atomic E-state index is 0.0880. The maximum atomic E-state index is 11.6. The fraction of sp³-hybridized carbons (Fsp3) is 0.571. The van der Waals surface area contributed by atoms with Crippen LogP contribution >= 0.6 is 0 Å². The van der Waals surface area contributed by atoms with Gasteiger partial charge in [-0.15, -0.1) is 0 Å². The number of fused-ring (bicyclic) bond motifs is 1. The quantitative estimate of drug-likeness (QED) is 0.681. The Bertz CT molecular complexity index is 805. The van der Waals surface area contributed by atoms with Crippen LogP contribution in [-0.2, 0) is 17.6 Å². The number of hydrogen-bond acceptors (Lipinski definition) is 3. The van der Waals surface area contributed by atoms with Gasteiger partial charge in [0.05, 0.1) is 6.04 Å². The van der Waals surface area contributed by atoms with Gasteiger partial charge < -0.3 is 19.7 Å². The zero-order chi connectivity index (χ0) is 19.6. The summed E-state index contributed by atoms with van der Waals surface area (Å²) in [6.45, 7) is 7.55. The summed E-state index contributed by atoms with van der Waals surface area (Å²) in [6, 6.07) is 10.3. The first-order chi connectivity index (χ1) is 13.0. The van der Waals surface area contributed by atoms with E-state index in [-0.39, 0.29) is 18.7 Å². The maximum absolute atomic E-state index is 11.6. The number of cyclic esters (lactones) is 1. The Morgan fingerprint density at radius 3 is 2.52 bits per heavy atom. The van der Waals surface area contributed by atoms with E-state index in [2.05, 4.69) is 44.0 Å². The number of aromatic nitrogens is 1. The van der Waals surface area contributed by atoms with Crippen molar-refractivity contribution < 1.29 is 14.6 Å². The molecule has 0 bridgehead atoms. The van der Waals surface area contributed by atoms with Crippen molar-refractivity contribution in [2.24, 2.45) is 0 Å². The van der Waals surface area contributed by atoms with E-state index in [0.717, 1.165) is 11.9 Å². The Kier molecular flexibility index (Phi) is 5.96. The topological polar surface area (TPSA) is 65.6 Å². The van der Waals surface area contributed by atoms with Crippen LogP contribution in [-0.4, -0.2) is 55.5 Å². The molecular weight excluding hydrogens is 356 g/mol. The maximum Gasteiger partial charge on any atom is 0.409 e. The van der Waals surface area contributed by atoms with Crippen molar-refractivity contribution in [2.45, 2.75) is 57.8 Å². The highest BCUT2D eigenvalue weighted by atomic mass is 28.3. The van der Waals surface area contributed by atoms with Crippen molar-refractivity contribution in [1.82, 2.24) is 9.88 Å². The van der Waals surface area contributed by atoms with Gasteiger partial charge in [0.2, 0.25) is 0 Å². The van der Waals surface area contributed by atoms with Crippen molar-refractivity contribution in [3.05, 3.63) is 29.3 Å². The summed E-state index contributed by atoms with van der Waals surface area (Å²) in [5.41, 5.74) is 3.68. The van der Waals surface area contributed by atoms with Crippen LogP contribution < -0.4 is 5.32 Å². The van der Waals surface area contributed by atoms with Gasteiger partial charge in [-0.25, -0.2) is 4.79 Å². The van der Waals surface area contributed by atoms with E-state index in [9.17, 15) is 9.90 Å². The molecule has 148 valence electrons. The Hall–Kier alpha value is -1.79. The number of hydrogen-bond donors (Lipinski definition) is 2. The number of nitrogens with one attached hydrogen (secondary N) is 1. The van der Waals surface area contributed by atoms with Crippen LogP contribution in [0, 0.1) is 0 Å². The minimum Gasteiger partial charge on any atom is -0.447 e. The third kappa shape index (κ3) is 3.52. The first-order valence-corrected chi connectivity index (χ1v) is 12.8. The molecule has 1 saturated heterocycles. The highest BCUT2D eigenvalue weighted by molar-refractivity contribution is 6.91. The summed E-state index contributed by atoms with van der Waals surface area (Å²) in [5, 5.41) is 12.4. The van der Waals surface area contributed by atoms with Crippen LogP contribution in [0.3, 0.4) is 0 Å². The number of nitrogens with zero attached hydrogens (tertiary/aromatic N) is 1. The van der Waals surface area contributed by atoms with Gasteiger partial charge in [0, 0.05) is 29.9 Å². The van der Waals surface area contributed by atoms with Gasteiger partial charge in [0.1, 0.15) is 14.7 Å². The molecule has 1 atom stereocenters. The number of amides is 1. The molecule has 0 unspecified atom stereocenters. The number of carbonyl (C=O) groups is 1. The third-order valence-electron chi connectivity index (χ3n) is 6.60. The summed E-state index contributed by atoms with van der Waals surface area (Å²) in [7, 11) is 0.228. The lowest BCUT2D eigenvalue weighted by Gasteiger charge is -2.28. The lowest BCUT2D eigenvalue weighted by molar-refractivity contribution is 0.163. The van der Waals surface area contributed by atoms with E-state index >= 15 is 0 Å². The Labute approximate surface area is 162 Å². The van der Waals surface area contributed by atoms with Crippen molar-refractivity contribution in [3.8, 4) is 0 Å². The van der Waals surface area contributed by atoms with Crippen LogP contribution in [0.5, 0.6) is 0 Å². The summed E-state index contributed by atoms with van der Waals surface area (Å²) >= 11 is 0. The van der Waals surface area contributed by atoms with Crippen LogP contribution in [0.25, 0.3) is 10.9 Å². The second-order valence-electron chi connectivity index (χ2n) is 7.72. The predicted molar refractivity (Wildman–Crippen MR) is 113 cm³/mol. The van der Waals surface area contributed by atoms with E-state index in [1.165, 1.54) is 40.0 Å². The zero-order valence-corrected chi connectivity index (χ0v) is 18.0. The first-order valence-electron chi connectivity index (χ1n) is 10.1. The highest BCUT2D eigenvalue weighted by Crippen LogP contribution is 2.28. The average Bonchev–Trinajstić information content (AvgIpc) is 3.20. The number of aliphatic hydroxyl groups excluding tert-OH is 1. The molecule has 3 rings (SSSR count). The van der Waals surface area contributed by atoms with Crippen LogP contribution in [0.1, 0.15) is 31.9 Å². The number of ether oxygens (including phenoxy) is 1. The fourth-order valence-electron chi connectivity index (χ4n) is 4.52. The average molecular weight is 389 g/mol. The summed E-state index contributed by atoms with van der Waals surface area (Å²) in [6.07, 6.45) is 1.24. The van der Waals surface area contributed by atoms with Gasteiger partial charge in [-0.2, -0.15) is 0 Å². The van der Waals surface area contributed by atoms with E-state index in [4.69, 9.17) is 4.74 Å². The van der Waals surface area contributed by atoms with E-state index in [1.54, 1.807) is 11.9 Å². The van der Waals surface area contributed by atoms with E-state index < -0.39 is 8.07 Å². The van der Waals surface area contributed by atoms with Crippen molar-refractivity contribution in [1.29, 1.82) is 0 Å². The largest absolute Gasteiger partial charge is 0.447 e. The van der Waals surface area contributed by atoms with Crippen molar-refractivity contribution in [3.63, 3.8) is 0 Å². The molecule has 5 nitrogen and oxygen atoms in total. The molecule has 1 aliphatic heterocycles. The molecule has 2 N–H and O–H groups in total. The number of benzene rings is 1. The highest BCUT2D eigenvalue weighted by Gasteiger charge is 2.34. The van der Waals surface area contributed by atoms with E-state index in [1.807, 2.05) is 0 Å². The minimum atomic E-state index is -1.57. The lowest BCUT2D eigenvalue weighted by atomic mass is 10.0. The number of H-pyrrole nitrogens is 1. The predicted octanol–water partition coefficient (Wildman–Crippen LogP) is 3.41. The normalized spacial score (nSPS) is 17.7. The van der Waals surface area contributed by atoms with Gasteiger partial charge in [-0.3, -0.25) is 0 Å². The molecule has 6 heteroatoms. The van der Waals surface area contributed by atoms with Crippen LogP contribution in [0.15, 0.2) is 18.2 Å². The molecular formula is C21H32N2O3Si. The molecule has 27 heavy (non-hydrogen) atoms. The molecule has 0 radical (unpaired) electrons. The van der Waals surface area contributed by atoms with Gasteiger partial charge in [0.25, 0.3) is 0 Å². The second-order valence-corrected chi connectivity index (χ2v) is 12.9. The summed E-state index contributed by atoms with van der Waals surface area (Å²) in [4.78, 5) is 17.0. The van der Waals surface area contributed by atoms with E-state index in [0.29, 0.717) is 13.0 Å². The number of rotatable bonds is 8. The van der Waals surface area contributed by atoms with Gasteiger partial charge in [-0.05, 0) is 36.1 Å². The zero-order valence-electron chi connectivity index (χ0n) is 17.0. The smallest absolute Gasteiger partial charge is 0.409 e. The number of likely N-dealkylation sites (N-methyl/N-ethyl adjacent to an activating group) is 1. The van der Waals surface area contributed by atoms with Gasteiger partial charge in [0.15, 0.2) is 0 Å². The molecule has 1 aliphatic rings. The van der Waals surface area contributed by atoms with Crippen LogP contribution in [0.2, 0.25) is 18.1 Å². The van der Waals surface area contributed by atoms with Crippen molar-refractivity contribution >= 4 is 30.4 Å². The number of aliphatic hydroxyl groups is 1. The molecule has 0 saturated carbocycles. The summed E-state index contributed by atoms with van der Waals surface area (Å²) < 4.78 is 5.15. The molecule has 2 heterocycles. The molecule has 1 amide bonds. The second kappa shape index (κ2) is 8.06.